The van der Waals surface area contributed by atoms with E-state index in [1.807, 2.05) is 43.3 Å². The molecule has 1 amide bonds. The number of aromatic nitrogens is 2. The quantitative estimate of drug-likeness (QED) is 0.658. The van der Waals surface area contributed by atoms with Crippen molar-refractivity contribution in [2.24, 2.45) is 0 Å². The number of nitrogens with zero attached hydrogens (tertiary/aromatic N) is 2. The standard InChI is InChI=1S/C19H18ClN3O2S/c1-2-23-16-9-4-3-8-15(16)22-18(19(23)25)26-12-17(24)21-11-13-6-5-7-14(20)10-13/h3-10H,2,11-12H2,1H3,(H,21,24). The van der Waals surface area contributed by atoms with Crippen LogP contribution in [-0.2, 0) is 17.9 Å². The van der Waals surface area contributed by atoms with E-state index in [-0.39, 0.29) is 17.2 Å². The van der Waals surface area contributed by atoms with Crippen molar-refractivity contribution in [1.82, 2.24) is 14.9 Å². The third-order valence-corrected chi connectivity index (χ3v) is 5.04. The minimum absolute atomic E-state index is 0.130. The van der Waals surface area contributed by atoms with Gasteiger partial charge in [-0.05, 0) is 36.8 Å². The SMILES string of the molecule is CCn1c(=O)c(SCC(=O)NCc2cccc(Cl)c2)nc2ccccc21. The van der Waals surface area contributed by atoms with Gasteiger partial charge in [0.05, 0.1) is 16.8 Å². The highest BCUT2D eigenvalue weighted by Crippen LogP contribution is 2.16. The monoisotopic (exact) mass is 387 g/mol. The molecule has 3 aromatic rings. The van der Waals surface area contributed by atoms with Gasteiger partial charge in [-0.3, -0.25) is 9.59 Å². The first kappa shape index (κ1) is 18.5. The van der Waals surface area contributed by atoms with E-state index in [4.69, 9.17) is 11.6 Å². The number of carbonyl (C=O) groups is 1. The van der Waals surface area contributed by atoms with Gasteiger partial charge in [0.15, 0.2) is 5.03 Å². The fourth-order valence-corrected chi connectivity index (χ4v) is 3.59. The summed E-state index contributed by atoms with van der Waals surface area (Å²) in [5.41, 5.74) is 2.30. The summed E-state index contributed by atoms with van der Waals surface area (Å²) < 4.78 is 1.68. The summed E-state index contributed by atoms with van der Waals surface area (Å²) in [6.45, 7) is 2.86. The van der Waals surface area contributed by atoms with Gasteiger partial charge in [0.25, 0.3) is 5.56 Å². The van der Waals surface area contributed by atoms with E-state index in [0.29, 0.717) is 23.1 Å². The molecule has 0 radical (unpaired) electrons. The lowest BCUT2D eigenvalue weighted by Gasteiger charge is -2.10. The first-order valence-electron chi connectivity index (χ1n) is 8.22. The first-order chi connectivity index (χ1) is 12.6. The Morgan fingerprint density at radius 3 is 2.81 bits per heavy atom. The van der Waals surface area contributed by atoms with Crippen LogP contribution in [0.3, 0.4) is 0 Å². The second-order valence-electron chi connectivity index (χ2n) is 5.65. The number of thioether (sulfide) groups is 1. The number of aryl methyl sites for hydroxylation is 1. The van der Waals surface area contributed by atoms with Gasteiger partial charge in [-0.15, -0.1) is 0 Å². The molecule has 134 valence electrons. The van der Waals surface area contributed by atoms with Crippen LogP contribution in [-0.4, -0.2) is 21.2 Å². The van der Waals surface area contributed by atoms with E-state index in [2.05, 4.69) is 10.3 Å². The molecule has 0 spiro atoms. The minimum atomic E-state index is -0.168. The molecule has 0 fully saturated rings. The molecule has 0 aliphatic rings. The average molecular weight is 388 g/mol. The van der Waals surface area contributed by atoms with Crippen LogP contribution in [0.25, 0.3) is 11.0 Å². The van der Waals surface area contributed by atoms with Gasteiger partial charge in [0, 0.05) is 18.1 Å². The van der Waals surface area contributed by atoms with Crippen LogP contribution in [0.5, 0.6) is 0 Å². The highest BCUT2D eigenvalue weighted by atomic mass is 35.5. The maximum atomic E-state index is 12.6. The van der Waals surface area contributed by atoms with Crippen molar-refractivity contribution in [3.05, 3.63) is 69.5 Å². The molecule has 0 unspecified atom stereocenters. The lowest BCUT2D eigenvalue weighted by Crippen LogP contribution is -2.26. The topological polar surface area (TPSA) is 64.0 Å². The molecule has 26 heavy (non-hydrogen) atoms. The van der Waals surface area contributed by atoms with Gasteiger partial charge in [-0.2, -0.15) is 0 Å². The van der Waals surface area contributed by atoms with E-state index in [1.165, 1.54) is 0 Å². The first-order valence-corrected chi connectivity index (χ1v) is 9.58. The molecule has 0 aliphatic carbocycles. The number of nitrogens with one attached hydrogen (secondary N) is 1. The summed E-state index contributed by atoms with van der Waals surface area (Å²) in [7, 11) is 0. The maximum Gasteiger partial charge on any atom is 0.283 e. The second kappa shape index (κ2) is 8.38. The predicted octanol–water partition coefficient (Wildman–Crippen LogP) is 3.48. The Hall–Kier alpha value is -2.31. The number of para-hydroxylation sites is 2. The summed E-state index contributed by atoms with van der Waals surface area (Å²) in [6.07, 6.45) is 0. The number of hydrogen-bond acceptors (Lipinski definition) is 4. The molecule has 1 N–H and O–H groups in total. The number of halogens is 1. The van der Waals surface area contributed by atoms with Gasteiger partial charge in [0.1, 0.15) is 0 Å². The molecule has 0 saturated heterocycles. The van der Waals surface area contributed by atoms with Crippen molar-refractivity contribution < 1.29 is 4.79 Å². The number of benzene rings is 2. The number of hydrogen-bond donors (Lipinski definition) is 1. The zero-order valence-electron chi connectivity index (χ0n) is 14.2. The third-order valence-electron chi connectivity index (χ3n) is 3.86. The summed E-state index contributed by atoms with van der Waals surface area (Å²) in [4.78, 5) is 29.1. The van der Waals surface area contributed by atoms with Gasteiger partial charge in [-0.25, -0.2) is 4.98 Å². The Balaban J connectivity index is 1.68. The molecule has 0 aliphatic heterocycles. The number of rotatable bonds is 6. The Kier molecular flexibility index (Phi) is 5.96. The number of amides is 1. The molecule has 1 heterocycles. The summed E-state index contributed by atoms with van der Waals surface area (Å²) >= 11 is 7.09. The van der Waals surface area contributed by atoms with Crippen LogP contribution >= 0.6 is 23.4 Å². The lowest BCUT2D eigenvalue weighted by molar-refractivity contribution is -0.118. The highest BCUT2D eigenvalue weighted by molar-refractivity contribution is 7.99. The summed E-state index contributed by atoms with van der Waals surface area (Å²) in [5, 5.41) is 3.79. The molecular formula is C19H18ClN3O2S. The Morgan fingerprint density at radius 1 is 1.23 bits per heavy atom. The fourth-order valence-electron chi connectivity index (χ4n) is 2.61. The Bertz CT molecular complexity index is 1000. The molecule has 1 aromatic heterocycles. The number of carbonyl (C=O) groups excluding carboxylic acids is 1. The lowest BCUT2D eigenvalue weighted by atomic mass is 10.2. The minimum Gasteiger partial charge on any atom is -0.351 e. The van der Waals surface area contributed by atoms with E-state index in [0.717, 1.165) is 28.4 Å². The van der Waals surface area contributed by atoms with E-state index >= 15 is 0 Å². The predicted molar refractivity (Wildman–Crippen MR) is 106 cm³/mol. The van der Waals surface area contributed by atoms with Crippen LogP contribution in [0.1, 0.15) is 12.5 Å². The molecule has 2 aromatic carbocycles. The molecule has 3 rings (SSSR count). The zero-order valence-corrected chi connectivity index (χ0v) is 15.8. The Labute approximate surface area is 160 Å². The molecule has 0 atom stereocenters. The van der Waals surface area contributed by atoms with Crippen molar-refractivity contribution in [2.45, 2.75) is 25.0 Å². The second-order valence-corrected chi connectivity index (χ2v) is 7.05. The van der Waals surface area contributed by atoms with Gasteiger partial charge in [0.2, 0.25) is 5.91 Å². The molecule has 0 saturated carbocycles. The zero-order chi connectivity index (χ0) is 18.5. The average Bonchev–Trinajstić information content (AvgIpc) is 2.65. The summed E-state index contributed by atoms with van der Waals surface area (Å²) in [5.74, 6) is -0.0300. The fraction of sp³-hybridized carbons (Fsp3) is 0.211. The van der Waals surface area contributed by atoms with Gasteiger partial charge in [-0.1, -0.05) is 47.6 Å². The van der Waals surface area contributed by atoms with Gasteiger partial charge >= 0.3 is 0 Å². The van der Waals surface area contributed by atoms with Crippen LogP contribution < -0.4 is 10.9 Å². The van der Waals surface area contributed by atoms with E-state index < -0.39 is 0 Å². The highest BCUT2D eigenvalue weighted by Gasteiger charge is 2.12. The smallest absolute Gasteiger partial charge is 0.283 e. The van der Waals surface area contributed by atoms with Crippen molar-refractivity contribution in [3.63, 3.8) is 0 Å². The van der Waals surface area contributed by atoms with Crippen molar-refractivity contribution >= 4 is 40.3 Å². The van der Waals surface area contributed by atoms with Crippen LogP contribution in [0.15, 0.2) is 58.4 Å². The van der Waals surface area contributed by atoms with Crippen molar-refractivity contribution in [3.8, 4) is 0 Å². The van der Waals surface area contributed by atoms with E-state index in [9.17, 15) is 9.59 Å². The largest absolute Gasteiger partial charge is 0.351 e. The molecule has 7 heteroatoms. The normalized spacial score (nSPS) is 10.8. The summed E-state index contributed by atoms with van der Waals surface area (Å²) in [6, 6.07) is 14.8. The number of fused-ring (bicyclic) bond motifs is 1. The van der Waals surface area contributed by atoms with Gasteiger partial charge < -0.3 is 9.88 Å². The third kappa shape index (κ3) is 4.26. The van der Waals surface area contributed by atoms with Crippen molar-refractivity contribution in [1.29, 1.82) is 0 Å². The van der Waals surface area contributed by atoms with Crippen LogP contribution in [0.4, 0.5) is 0 Å². The molecule has 5 nitrogen and oxygen atoms in total. The van der Waals surface area contributed by atoms with Crippen LogP contribution in [0.2, 0.25) is 5.02 Å². The van der Waals surface area contributed by atoms with Crippen LogP contribution in [0, 0.1) is 0 Å². The van der Waals surface area contributed by atoms with Crippen molar-refractivity contribution in [2.75, 3.05) is 5.75 Å². The Morgan fingerprint density at radius 2 is 2.04 bits per heavy atom. The molecular weight excluding hydrogens is 370 g/mol. The maximum absolute atomic E-state index is 12.6. The molecule has 0 bridgehead atoms. The van der Waals surface area contributed by atoms with E-state index in [1.54, 1.807) is 16.7 Å².